The average molecular weight is 488 g/mol. The molecule has 1 saturated carbocycles. The third-order valence-corrected chi connectivity index (χ3v) is 6.82. The average Bonchev–Trinajstić information content (AvgIpc) is 3.21. The van der Waals surface area contributed by atoms with E-state index in [1.54, 1.807) is 18.9 Å². The molecule has 0 spiro atoms. The van der Waals surface area contributed by atoms with E-state index >= 15 is 0 Å². The van der Waals surface area contributed by atoms with Gasteiger partial charge in [-0.15, -0.1) is 0 Å². The highest BCUT2D eigenvalue weighted by Gasteiger charge is 2.25. The van der Waals surface area contributed by atoms with Crippen molar-refractivity contribution in [1.29, 1.82) is 0 Å². The van der Waals surface area contributed by atoms with Gasteiger partial charge in [0.1, 0.15) is 5.65 Å². The van der Waals surface area contributed by atoms with E-state index in [9.17, 15) is 13.9 Å². The molecule has 190 valence electrons. The molecule has 0 saturated heterocycles. The summed E-state index contributed by atoms with van der Waals surface area (Å²) in [6.45, 7) is -0.252. The van der Waals surface area contributed by atoms with Crippen molar-refractivity contribution in [3.05, 3.63) is 42.2 Å². The molecule has 0 amide bonds. The molecule has 0 aliphatic heterocycles. The highest BCUT2D eigenvalue weighted by atomic mass is 19.3. The van der Waals surface area contributed by atoms with Crippen molar-refractivity contribution < 1.29 is 18.6 Å². The second-order valence-corrected chi connectivity index (χ2v) is 9.81. The lowest BCUT2D eigenvalue weighted by Gasteiger charge is -2.27. The number of ether oxygens (including phenoxy) is 1. The highest BCUT2D eigenvalue weighted by molar-refractivity contribution is 5.94. The molecule has 0 radical (unpaired) electrons. The topological polar surface area (TPSA) is 66.7 Å². The summed E-state index contributed by atoms with van der Waals surface area (Å²) < 4.78 is 31.7. The maximum absolute atomic E-state index is 12.5. The lowest BCUT2D eigenvalue weighted by atomic mass is 9.93. The van der Waals surface area contributed by atoms with Crippen LogP contribution in [-0.4, -0.2) is 71.0 Å². The Balaban J connectivity index is 1.71. The van der Waals surface area contributed by atoms with E-state index in [0.29, 0.717) is 5.95 Å². The first-order chi connectivity index (χ1) is 16.7. The highest BCUT2D eigenvalue weighted by Crippen LogP contribution is 2.37. The molecule has 1 aromatic carbocycles. The number of likely N-dealkylation sites (N-methyl/N-ethyl adjacent to an activating group) is 1. The minimum atomic E-state index is -2.81. The van der Waals surface area contributed by atoms with Crippen LogP contribution in [-0.2, 0) is 11.3 Å². The number of anilines is 1. The van der Waals surface area contributed by atoms with E-state index in [2.05, 4.69) is 63.7 Å². The van der Waals surface area contributed by atoms with Gasteiger partial charge >= 0.3 is 6.61 Å². The Bertz CT molecular complexity index is 1110. The Hall–Kier alpha value is -2.62. The van der Waals surface area contributed by atoms with E-state index in [-0.39, 0.29) is 24.8 Å². The maximum Gasteiger partial charge on any atom is 0.345 e. The lowest BCUT2D eigenvalue weighted by molar-refractivity contribution is -0.131. The maximum atomic E-state index is 12.5. The molecule has 2 heterocycles. The summed E-state index contributed by atoms with van der Waals surface area (Å²) in [5, 5.41) is 11.0. The van der Waals surface area contributed by atoms with E-state index in [4.69, 9.17) is 4.98 Å². The van der Waals surface area contributed by atoms with Gasteiger partial charge in [-0.05, 0) is 57.8 Å². The Labute approximate surface area is 205 Å². The van der Waals surface area contributed by atoms with Crippen LogP contribution in [0.15, 0.2) is 36.7 Å². The van der Waals surface area contributed by atoms with E-state index < -0.39 is 6.61 Å². The molecule has 3 aromatic rings. The van der Waals surface area contributed by atoms with Crippen LogP contribution < -0.4 is 4.90 Å². The number of alkyl halides is 2. The molecule has 1 aliphatic rings. The van der Waals surface area contributed by atoms with Crippen LogP contribution in [0.5, 0.6) is 0 Å². The van der Waals surface area contributed by atoms with Crippen LogP contribution in [0.2, 0.25) is 0 Å². The number of aliphatic hydroxyl groups is 1. The molecule has 0 unspecified atom stereocenters. The molecule has 1 N–H and O–H groups in total. The second kappa shape index (κ2) is 11.0. The number of nitrogens with zero attached hydrogens (tertiary/aromatic N) is 5. The zero-order valence-electron chi connectivity index (χ0n) is 20.9. The van der Waals surface area contributed by atoms with E-state index in [1.165, 1.54) is 5.56 Å². The molecule has 1 aliphatic carbocycles. The fourth-order valence-corrected chi connectivity index (χ4v) is 4.71. The first-order valence-corrected chi connectivity index (χ1v) is 12.1. The van der Waals surface area contributed by atoms with Gasteiger partial charge < -0.3 is 24.2 Å². The predicted molar refractivity (Wildman–Crippen MR) is 134 cm³/mol. The van der Waals surface area contributed by atoms with E-state index in [0.717, 1.165) is 54.4 Å². The smallest absolute Gasteiger partial charge is 0.345 e. The molecule has 2 aromatic heterocycles. The van der Waals surface area contributed by atoms with Crippen molar-refractivity contribution in [3.8, 4) is 11.1 Å². The summed E-state index contributed by atoms with van der Waals surface area (Å²) in [4.78, 5) is 13.4. The van der Waals surface area contributed by atoms with Crippen LogP contribution in [0, 0.1) is 0 Å². The molecule has 1 atom stereocenters. The standard InChI is InChI=1S/C26H35F2N5O2/c1-17(16-35-25(27)28)32(4)26-29-13-22-23(19-7-5-18(6-8-19)14-31(2)3)15-33(24(22)30-26)20-9-11-21(34)12-10-20/h5-8,13,15,17,20-21,25,34H,9-12,14,16H2,1-4H3/t17-,20?,21?/m0/s1. The van der Waals surface area contributed by atoms with Crippen molar-refractivity contribution in [3.63, 3.8) is 0 Å². The first-order valence-electron chi connectivity index (χ1n) is 12.1. The Morgan fingerprint density at radius 2 is 1.80 bits per heavy atom. The molecular formula is C26H35F2N5O2. The fourth-order valence-electron chi connectivity index (χ4n) is 4.71. The SMILES string of the molecule is C[C@@H](COC(F)F)N(C)c1ncc2c(-c3ccc(CN(C)C)cc3)cn(C3CCC(O)CC3)c2n1. The van der Waals surface area contributed by atoms with Crippen molar-refractivity contribution in [2.45, 2.75) is 64.0 Å². The summed E-state index contributed by atoms with van der Waals surface area (Å²) in [6.07, 6.45) is 7.00. The minimum Gasteiger partial charge on any atom is -0.393 e. The van der Waals surface area contributed by atoms with Gasteiger partial charge in [0, 0.05) is 43.0 Å². The number of hydrogen-bond acceptors (Lipinski definition) is 6. The Morgan fingerprint density at radius 3 is 2.43 bits per heavy atom. The van der Waals surface area contributed by atoms with Crippen LogP contribution >= 0.6 is 0 Å². The largest absolute Gasteiger partial charge is 0.393 e. The first kappa shape index (κ1) is 25.5. The van der Waals surface area contributed by atoms with Gasteiger partial charge in [0.2, 0.25) is 5.95 Å². The fraction of sp³-hybridized carbons (Fsp3) is 0.538. The van der Waals surface area contributed by atoms with Crippen molar-refractivity contribution in [2.24, 2.45) is 0 Å². The predicted octanol–water partition coefficient (Wildman–Crippen LogP) is 4.70. The third kappa shape index (κ3) is 5.97. The summed E-state index contributed by atoms with van der Waals surface area (Å²) in [5.41, 5.74) is 4.21. The van der Waals surface area contributed by atoms with Crippen molar-refractivity contribution >= 4 is 17.0 Å². The lowest BCUT2D eigenvalue weighted by Crippen LogP contribution is -2.34. The second-order valence-electron chi connectivity index (χ2n) is 9.81. The molecule has 4 rings (SSSR count). The van der Waals surface area contributed by atoms with Crippen molar-refractivity contribution in [1.82, 2.24) is 19.4 Å². The van der Waals surface area contributed by atoms with Crippen LogP contribution in [0.4, 0.5) is 14.7 Å². The summed E-state index contributed by atoms with van der Waals surface area (Å²) in [7, 11) is 5.89. The number of rotatable bonds is 9. The van der Waals surface area contributed by atoms with Gasteiger partial charge in [0.05, 0.1) is 18.8 Å². The van der Waals surface area contributed by atoms with Gasteiger partial charge in [-0.2, -0.15) is 13.8 Å². The molecule has 35 heavy (non-hydrogen) atoms. The normalized spacial score (nSPS) is 19.6. The van der Waals surface area contributed by atoms with Gasteiger partial charge in [-0.3, -0.25) is 0 Å². The number of benzene rings is 1. The number of halogens is 2. The van der Waals surface area contributed by atoms with Gasteiger partial charge in [0.15, 0.2) is 0 Å². The monoisotopic (exact) mass is 487 g/mol. The number of aromatic nitrogens is 3. The van der Waals surface area contributed by atoms with Crippen LogP contribution in [0.3, 0.4) is 0 Å². The van der Waals surface area contributed by atoms with Crippen LogP contribution in [0.1, 0.15) is 44.2 Å². The summed E-state index contributed by atoms with van der Waals surface area (Å²) >= 11 is 0. The number of fused-ring (bicyclic) bond motifs is 1. The quantitative estimate of drug-likeness (QED) is 0.472. The zero-order valence-corrected chi connectivity index (χ0v) is 20.9. The van der Waals surface area contributed by atoms with Gasteiger partial charge in [-0.1, -0.05) is 24.3 Å². The molecule has 7 nitrogen and oxygen atoms in total. The molecule has 0 bridgehead atoms. The number of aliphatic hydroxyl groups excluding tert-OH is 1. The summed E-state index contributed by atoms with van der Waals surface area (Å²) in [6, 6.07) is 8.46. The van der Waals surface area contributed by atoms with Gasteiger partial charge in [0.25, 0.3) is 0 Å². The number of hydrogen-bond donors (Lipinski definition) is 1. The Morgan fingerprint density at radius 1 is 1.11 bits per heavy atom. The molecule has 9 heteroatoms. The van der Waals surface area contributed by atoms with Gasteiger partial charge in [-0.25, -0.2) is 4.98 Å². The van der Waals surface area contributed by atoms with Crippen molar-refractivity contribution in [2.75, 3.05) is 32.6 Å². The van der Waals surface area contributed by atoms with E-state index in [1.807, 2.05) is 6.20 Å². The minimum absolute atomic E-state index is 0.123. The van der Waals surface area contributed by atoms with Crippen LogP contribution in [0.25, 0.3) is 22.2 Å². The summed E-state index contributed by atoms with van der Waals surface area (Å²) in [5.74, 6) is 0.464. The molecular weight excluding hydrogens is 452 g/mol. The molecule has 1 fully saturated rings. The Kier molecular flexibility index (Phi) is 7.98. The zero-order chi connectivity index (χ0) is 25.1. The third-order valence-electron chi connectivity index (χ3n) is 6.82.